The Balaban J connectivity index is 1.41. The van der Waals surface area contributed by atoms with Crippen LogP contribution in [0, 0.1) is 0 Å². The summed E-state index contributed by atoms with van der Waals surface area (Å²) in [5, 5.41) is 19.6. The first kappa shape index (κ1) is 43.7. The topological polar surface area (TPSA) is 211 Å². The Morgan fingerprint density at radius 1 is 0.702 bits per heavy atom. The van der Waals surface area contributed by atoms with Crippen molar-refractivity contribution in [1.29, 1.82) is 0 Å². The van der Waals surface area contributed by atoms with Crippen LogP contribution >= 0.6 is 0 Å². The number of anilines is 3. The predicted octanol–water partition coefficient (Wildman–Crippen LogP) is 8.09. The van der Waals surface area contributed by atoms with Crippen molar-refractivity contribution in [3.63, 3.8) is 0 Å². The number of hydrogen-bond donors (Lipinski definition) is 6. The first-order chi connectivity index (χ1) is 27.6. The largest absolute Gasteiger partial charge is 0.497 e. The highest BCUT2D eigenvalue weighted by Gasteiger charge is 2.16. The molecule has 57 heavy (non-hydrogen) atoms. The van der Waals surface area contributed by atoms with Crippen LogP contribution in [0.4, 0.5) is 38.5 Å². The first-order valence-corrected chi connectivity index (χ1v) is 19.9. The molecule has 2 unspecified atom stereocenters. The zero-order valence-corrected chi connectivity index (χ0v) is 33.7. The lowest BCUT2D eigenvalue weighted by molar-refractivity contribution is 0.251. The highest BCUT2D eigenvalue weighted by Crippen LogP contribution is 2.26. The lowest BCUT2D eigenvalue weighted by Crippen LogP contribution is -2.41. The van der Waals surface area contributed by atoms with Gasteiger partial charge in [-0.05, 0) is 86.1 Å². The van der Waals surface area contributed by atoms with Crippen LogP contribution in [0.5, 0.6) is 5.75 Å². The molecule has 2 atom stereocenters. The Morgan fingerprint density at radius 2 is 1.14 bits per heavy atom. The van der Waals surface area contributed by atoms with Gasteiger partial charge in [-0.15, -0.1) is 0 Å². The van der Waals surface area contributed by atoms with Crippen LogP contribution in [0.2, 0.25) is 0 Å². The maximum Gasteiger partial charge on any atom is 0.321 e. The van der Waals surface area contributed by atoms with E-state index in [1.165, 1.54) is 12.1 Å². The molecular formula is C41H57N11O5. The Kier molecular flexibility index (Phi) is 17.7. The van der Waals surface area contributed by atoms with Crippen molar-refractivity contribution >= 4 is 41.0 Å². The SMILES string of the molecule is CCCCC(CC)c1cc(=O)nc(NC(=O)NCCN(CCNC(=O)Nc2nc(=O)cc(C(CC)CCCC)[nH]2)c2ccc(/N=N/c3ccc(OC)cc3)cc2)[nH]1. The molecule has 0 aliphatic carbocycles. The molecule has 16 heteroatoms. The van der Waals surface area contributed by atoms with Gasteiger partial charge in [0, 0.05) is 55.4 Å². The Hall–Kier alpha value is -6.06. The molecule has 306 valence electrons. The smallest absolute Gasteiger partial charge is 0.321 e. The average molecular weight is 784 g/mol. The fourth-order valence-electron chi connectivity index (χ4n) is 6.35. The third-order valence-corrected chi connectivity index (χ3v) is 9.57. The normalized spacial score (nSPS) is 12.2. The number of unbranched alkanes of at least 4 members (excludes halogenated alkanes) is 2. The van der Waals surface area contributed by atoms with Crippen LogP contribution in [0.25, 0.3) is 0 Å². The highest BCUT2D eigenvalue weighted by atomic mass is 16.5. The fraction of sp³-hybridized carbons (Fsp3) is 0.463. The third-order valence-electron chi connectivity index (χ3n) is 9.57. The number of aromatic nitrogens is 4. The molecule has 0 aliphatic heterocycles. The number of methoxy groups -OCH3 is 1. The van der Waals surface area contributed by atoms with Crippen molar-refractivity contribution in [1.82, 2.24) is 30.6 Å². The van der Waals surface area contributed by atoms with Crippen LogP contribution < -0.4 is 42.0 Å². The van der Waals surface area contributed by atoms with Crippen molar-refractivity contribution < 1.29 is 14.3 Å². The molecular weight excluding hydrogens is 727 g/mol. The van der Waals surface area contributed by atoms with Gasteiger partial charge in [-0.2, -0.15) is 20.2 Å². The third kappa shape index (κ3) is 14.5. The minimum absolute atomic E-state index is 0.0870. The molecule has 4 aromatic rings. The maximum atomic E-state index is 12.9. The van der Waals surface area contributed by atoms with Crippen LogP contribution in [-0.4, -0.2) is 65.3 Å². The van der Waals surface area contributed by atoms with E-state index in [4.69, 9.17) is 4.74 Å². The number of hydrogen-bond acceptors (Lipinski definition) is 10. The summed E-state index contributed by atoms with van der Waals surface area (Å²) in [6.07, 6.45) is 7.73. The van der Waals surface area contributed by atoms with Crippen molar-refractivity contribution in [2.24, 2.45) is 10.2 Å². The Bertz CT molecular complexity index is 1900. The average Bonchev–Trinajstić information content (AvgIpc) is 3.20. The van der Waals surface area contributed by atoms with Crippen molar-refractivity contribution in [3.8, 4) is 5.75 Å². The van der Waals surface area contributed by atoms with Gasteiger partial charge in [0.2, 0.25) is 11.9 Å². The monoisotopic (exact) mass is 783 g/mol. The number of benzene rings is 2. The van der Waals surface area contributed by atoms with E-state index in [1.54, 1.807) is 7.11 Å². The molecule has 0 fully saturated rings. The lowest BCUT2D eigenvalue weighted by atomic mass is 9.96. The molecule has 2 aromatic carbocycles. The van der Waals surface area contributed by atoms with Crippen LogP contribution in [0.15, 0.2) is 80.5 Å². The number of nitrogens with zero attached hydrogens (tertiary/aromatic N) is 5. The van der Waals surface area contributed by atoms with Gasteiger partial charge in [0.15, 0.2) is 0 Å². The molecule has 0 saturated heterocycles. The van der Waals surface area contributed by atoms with E-state index in [0.717, 1.165) is 74.2 Å². The standard InChI is InChI=1S/C41H57N11O5/c1-6-10-12-28(8-3)34-26-36(53)46-38(44-34)48-40(55)42-22-24-52(32-18-14-30(15-19-32)50-51-31-16-20-33(57-5)21-17-31)25-23-43-41(56)49-39-45-35(27-37(54)47-39)29(9-4)13-11-7-2/h14-21,26-29H,6-13,22-25H2,1-5H3,(H3,42,44,46,48,53,55)(H3,43,45,47,49,54,56)/b51-50+. The number of urea groups is 2. The molecule has 0 spiro atoms. The first-order valence-electron chi connectivity index (χ1n) is 19.9. The zero-order chi connectivity index (χ0) is 41.0. The number of H-pyrrole nitrogens is 2. The minimum atomic E-state index is -0.521. The maximum absolute atomic E-state index is 12.9. The van der Waals surface area contributed by atoms with E-state index in [0.29, 0.717) is 24.5 Å². The second-order valence-corrected chi connectivity index (χ2v) is 13.7. The van der Waals surface area contributed by atoms with Gasteiger partial charge in [-0.1, -0.05) is 53.4 Å². The van der Waals surface area contributed by atoms with Gasteiger partial charge in [0.25, 0.3) is 11.1 Å². The van der Waals surface area contributed by atoms with Gasteiger partial charge < -0.3 is 30.2 Å². The van der Waals surface area contributed by atoms with Crippen LogP contribution in [0.1, 0.15) is 102 Å². The number of azo groups is 1. The predicted molar refractivity (Wildman–Crippen MR) is 225 cm³/mol. The van der Waals surface area contributed by atoms with Crippen molar-refractivity contribution in [3.05, 3.63) is 92.8 Å². The molecule has 0 radical (unpaired) electrons. The van der Waals surface area contributed by atoms with Gasteiger partial charge in [0.1, 0.15) is 5.75 Å². The van der Waals surface area contributed by atoms with E-state index in [9.17, 15) is 19.2 Å². The lowest BCUT2D eigenvalue weighted by Gasteiger charge is -2.25. The summed E-state index contributed by atoms with van der Waals surface area (Å²) in [4.78, 5) is 66.8. The molecule has 0 aliphatic rings. The zero-order valence-electron chi connectivity index (χ0n) is 33.7. The molecule has 4 rings (SSSR count). The van der Waals surface area contributed by atoms with E-state index in [-0.39, 0.29) is 36.8 Å². The number of amides is 4. The minimum Gasteiger partial charge on any atom is -0.497 e. The number of ether oxygens (including phenoxy) is 1. The molecule has 2 aromatic heterocycles. The number of carbonyl (C=O) groups excluding carboxylic acids is 2. The molecule has 2 heterocycles. The summed E-state index contributed by atoms with van der Waals surface area (Å²) in [6.45, 7) is 9.58. The van der Waals surface area contributed by atoms with Crippen LogP contribution in [-0.2, 0) is 0 Å². The molecule has 6 N–H and O–H groups in total. The fourth-order valence-corrected chi connectivity index (χ4v) is 6.35. The summed E-state index contributed by atoms with van der Waals surface area (Å²) in [5.41, 5.74) is 2.79. The van der Waals surface area contributed by atoms with Crippen molar-refractivity contribution in [2.45, 2.75) is 90.9 Å². The summed E-state index contributed by atoms with van der Waals surface area (Å²) in [7, 11) is 1.60. The Morgan fingerprint density at radius 3 is 1.54 bits per heavy atom. The summed E-state index contributed by atoms with van der Waals surface area (Å²) >= 11 is 0. The van der Waals surface area contributed by atoms with Gasteiger partial charge in [-0.3, -0.25) is 20.2 Å². The van der Waals surface area contributed by atoms with E-state index in [2.05, 4.69) is 79.1 Å². The second-order valence-electron chi connectivity index (χ2n) is 13.7. The molecule has 4 amide bonds. The number of carbonyl (C=O) groups is 2. The van der Waals surface area contributed by atoms with E-state index < -0.39 is 23.2 Å². The van der Waals surface area contributed by atoms with Gasteiger partial charge in [0.05, 0.1) is 18.5 Å². The highest BCUT2D eigenvalue weighted by molar-refractivity contribution is 5.87. The molecule has 16 nitrogen and oxygen atoms in total. The summed E-state index contributed by atoms with van der Waals surface area (Å²) < 4.78 is 5.20. The summed E-state index contributed by atoms with van der Waals surface area (Å²) in [5.74, 6) is 1.23. The van der Waals surface area contributed by atoms with E-state index in [1.807, 2.05) is 53.4 Å². The Labute approximate surface area is 333 Å². The molecule has 0 saturated carbocycles. The number of rotatable bonds is 22. The quantitative estimate of drug-likeness (QED) is 0.0428. The van der Waals surface area contributed by atoms with Gasteiger partial charge in [-0.25, -0.2) is 9.59 Å². The van der Waals surface area contributed by atoms with Gasteiger partial charge >= 0.3 is 12.1 Å². The van der Waals surface area contributed by atoms with E-state index >= 15 is 0 Å². The molecule has 0 bridgehead atoms. The second kappa shape index (κ2) is 23.1. The summed E-state index contributed by atoms with van der Waals surface area (Å²) in [6, 6.07) is 16.6. The van der Waals surface area contributed by atoms with Crippen molar-refractivity contribution in [2.75, 3.05) is 48.8 Å². The van der Waals surface area contributed by atoms with Crippen LogP contribution in [0.3, 0.4) is 0 Å². The number of nitrogens with one attached hydrogen (secondary N) is 6. The number of aromatic amines is 2.